The van der Waals surface area contributed by atoms with Gasteiger partial charge in [0.1, 0.15) is 16.3 Å². The molecule has 0 aliphatic rings. The van der Waals surface area contributed by atoms with E-state index in [9.17, 15) is 4.79 Å². The van der Waals surface area contributed by atoms with Gasteiger partial charge < -0.3 is 9.72 Å². The van der Waals surface area contributed by atoms with Crippen molar-refractivity contribution in [3.8, 4) is 22.8 Å². The number of nitrogens with zero attached hydrogens (tertiary/aromatic N) is 4. The summed E-state index contributed by atoms with van der Waals surface area (Å²) < 4.78 is 8.26. The number of aromatic nitrogens is 5. The van der Waals surface area contributed by atoms with Gasteiger partial charge >= 0.3 is 0 Å². The van der Waals surface area contributed by atoms with E-state index in [-0.39, 0.29) is 5.56 Å². The Labute approximate surface area is 198 Å². The van der Waals surface area contributed by atoms with E-state index >= 15 is 0 Å². The SMILES string of the molecule is CCOc1ccc(-n2c(SCc3nc4ccsc4c(=O)[nH]3)nnc2-c2cccc(C)c2)cc1. The molecular formula is C24H21N5O2S2. The third-order valence-corrected chi connectivity index (χ3v) is 6.86. The van der Waals surface area contributed by atoms with Gasteiger partial charge in [0.05, 0.1) is 17.9 Å². The van der Waals surface area contributed by atoms with Crippen molar-refractivity contribution >= 4 is 33.3 Å². The average Bonchev–Trinajstić information content (AvgIpc) is 3.46. The quantitative estimate of drug-likeness (QED) is 0.324. The Kier molecular flexibility index (Phi) is 5.97. The molecule has 0 atom stereocenters. The number of rotatable bonds is 7. The van der Waals surface area contributed by atoms with Crippen LogP contribution < -0.4 is 10.3 Å². The van der Waals surface area contributed by atoms with Gasteiger partial charge in [0, 0.05) is 11.3 Å². The van der Waals surface area contributed by atoms with Gasteiger partial charge in [-0.1, -0.05) is 35.5 Å². The second-order valence-electron chi connectivity index (χ2n) is 7.37. The normalized spacial score (nSPS) is 11.2. The van der Waals surface area contributed by atoms with Crippen LogP contribution in [0.25, 0.3) is 27.3 Å². The number of thioether (sulfide) groups is 1. The summed E-state index contributed by atoms with van der Waals surface area (Å²) >= 11 is 2.87. The Morgan fingerprint density at radius 2 is 1.97 bits per heavy atom. The molecule has 0 saturated carbocycles. The molecule has 7 nitrogen and oxygen atoms in total. The van der Waals surface area contributed by atoms with E-state index < -0.39 is 0 Å². The minimum atomic E-state index is -0.112. The first-order valence-electron chi connectivity index (χ1n) is 10.5. The molecule has 0 unspecified atom stereocenters. The van der Waals surface area contributed by atoms with Crippen LogP contribution in [-0.2, 0) is 5.75 Å². The summed E-state index contributed by atoms with van der Waals surface area (Å²) in [4.78, 5) is 19.8. The molecule has 0 aliphatic carbocycles. The van der Waals surface area contributed by atoms with E-state index in [4.69, 9.17) is 4.74 Å². The summed E-state index contributed by atoms with van der Waals surface area (Å²) in [6.45, 7) is 4.63. The lowest BCUT2D eigenvalue weighted by atomic mass is 10.1. The molecule has 5 aromatic rings. The van der Waals surface area contributed by atoms with Crippen LogP contribution in [0.15, 0.2) is 69.9 Å². The largest absolute Gasteiger partial charge is 0.494 e. The van der Waals surface area contributed by atoms with Crippen molar-refractivity contribution in [3.63, 3.8) is 0 Å². The Morgan fingerprint density at radius 3 is 2.76 bits per heavy atom. The van der Waals surface area contributed by atoms with E-state index in [0.29, 0.717) is 33.6 Å². The number of aromatic amines is 1. The standard InChI is InChI=1S/C24H21N5O2S2/c1-3-31-18-9-7-17(8-10-18)29-22(16-6-4-5-15(2)13-16)27-28-24(29)33-14-20-25-19-11-12-32-21(19)23(30)26-20/h4-13H,3,14H2,1-2H3,(H,25,26,30). The molecule has 0 amide bonds. The first-order valence-corrected chi connectivity index (χ1v) is 12.3. The smallest absolute Gasteiger partial charge is 0.268 e. The lowest BCUT2D eigenvalue weighted by Gasteiger charge is -2.12. The number of hydrogen-bond acceptors (Lipinski definition) is 7. The molecule has 3 aromatic heterocycles. The number of H-pyrrole nitrogens is 1. The van der Waals surface area contributed by atoms with Gasteiger partial charge in [-0.05, 0) is 55.6 Å². The molecule has 0 saturated heterocycles. The van der Waals surface area contributed by atoms with Crippen molar-refractivity contribution in [3.05, 3.63) is 81.7 Å². The zero-order valence-corrected chi connectivity index (χ0v) is 19.7. The maximum Gasteiger partial charge on any atom is 0.268 e. The first-order chi connectivity index (χ1) is 16.1. The first kappa shape index (κ1) is 21.4. The molecular weight excluding hydrogens is 454 g/mol. The molecule has 0 aliphatic heterocycles. The van der Waals surface area contributed by atoms with Crippen LogP contribution in [0.1, 0.15) is 18.3 Å². The number of aryl methyl sites for hydroxylation is 1. The maximum atomic E-state index is 12.3. The topological polar surface area (TPSA) is 85.7 Å². The third kappa shape index (κ3) is 4.42. The molecule has 166 valence electrons. The fourth-order valence-corrected chi connectivity index (χ4v) is 5.10. The predicted octanol–water partition coefficient (Wildman–Crippen LogP) is 5.23. The number of nitrogens with one attached hydrogen (secondary N) is 1. The summed E-state index contributed by atoms with van der Waals surface area (Å²) in [6.07, 6.45) is 0. The van der Waals surface area contributed by atoms with Crippen LogP contribution in [0.4, 0.5) is 0 Å². The van der Waals surface area contributed by atoms with E-state index in [1.54, 1.807) is 0 Å². The lowest BCUT2D eigenvalue weighted by molar-refractivity contribution is 0.340. The number of hydrogen-bond donors (Lipinski definition) is 1. The lowest BCUT2D eigenvalue weighted by Crippen LogP contribution is -2.09. The summed E-state index contributed by atoms with van der Waals surface area (Å²) in [6, 6.07) is 17.9. The minimum Gasteiger partial charge on any atom is -0.494 e. The zero-order valence-electron chi connectivity index (χ0n) is 18.1. The summed E-state index contributed by atoms with van der Waals surface area (Å²) in [5, 5.41) is 11.6. The molecule has 3 heterocycles. The second-order valence-corrected chi connectivity index (χ2v) is 9.23. The summed E-state index contributed by atoms with van der Waals surface area (Å²) in [5.41, 5.74) is 3.66. The Hall–Kier alpha value is -3.43. The highest BCUT2D eigenvalue weighted by Gasteiger charge is 2.17. The van der Waals surface area contributed by atoms with Crippen molar-refractivity contribution in [1.29, 1.82) is 0 Å². The maximum absolute atomic E-state index is 12.3. The number of thiophene rings is 1. The molecule has 0 bridgehead atoms. The highest BCUT2D eigenvalue weighted by molar-refractivity contribution is 7.98. The average molecular weight is 476 g/mol. The van der Waals surface area contributed by atoms with Crippen LogP contribution in [0, 0.1) is 6.92 Å². The van der Waals surface area contributed by atoms with Crippen molar-refractivity contribution in [2.24, 2.45) is 0 Å². The molecule has 2 aromatic carbocycles. The van der Waals surface area contributed by atoms with Crippen LogP contribution in [0.3, 0.4) is 0 Å². The molecule has 5 rings (SSSR count). The van der Waals surface area contributed by atoms with Crippen LogP contribution in [0.2, 0.25) is 0 Å². The van der Waals surface area contributed by atoms with Gasteiger partial charge in [-0.15, -0.1) is 21.5 Å². The predicted molar refractivity (Wildman–Crippen MR) is 133 cm³/mol. The van der Waals surface area contributed by atoms with Gasteiger partial charge in [0.25, 0.3) is 5.56 Å². The van der Waals surface area contributed by atoms with Gasteiger partial charge in [0.2, 0.25) is 0 Å². The molecule has 0 spiro atoms. The number of ether oxygens (including phenoxy) is 1. The number of fused-ring (bicyclic) bond motifs is 1. The van der Waals surface area contributed by atoms with Gasteiger partial charge in [-0.25, -0.2) is 4.98 Å². The van der Waals surface area contributed by atoms with Crippen molar-refractivity contribution in [1.82, 2.24) is 24.7 Å². The van der Waals surface area contributed by atoms with Crippen LogP contribution in [0.5, 0.6) is 5.75 Å². The molecule has 1 N–H and O–H groups in total. The van der Waals surface area contributed by atoms with Gasteiger partial charge in [-0.2, -0.15) is 0 Å². The Morgan fingerprint density at radius 1 is 1.12 bits per heavy atom. The minimum absolute atomic E-state index is 0.112. The zero-order chi connectivity index (χ0) is 22.8. The fourth-order valence-electron chi connectivity index (χ4n) is 3.55. The highest BCUT2D eigenvalue weighted by atomic mass is 32.2. The van der Waals surface area contributed by atoms with Crippen LogP contribution in [-0.4, -0.2) is 31.3 Å². The Balaban J connectivity index is 1.52. The van der Waals surface area contributed by atoms with E-state index in [0.717, 1.165) is 28.4 Å². The highest BCUT2D eigenvalue weighted by Crippen LogP contribution is 2.30. The van der Waals surface area contributed by atoms with Crippen molar-refractivity contribution in [2.75, 3.05) is 6.61 Å². The van der Waals surface area contributed by atoms with E-state index in [2.05, 4.69) is 39.2 Å². The summed E-state index contributed by atoms with van der Waals surface area (Å²) in [7, 11) is 0. The van der Waals surface area contributed by atoms with Crippen molar-refractivity contribution in [2.45, 2.75) is 24.8 Å². The molecule has 0 radical (unpaired) electrons. The summed E-state index contributed by atoms with van der Waals surface area (Å²) in [5.74, 6) is 2.63. The fraction of sp³-hybridized carbons (Fsp3) is 0.167. The van der Waals surface area contributed by atoms with Gasteiger partial charge in [-0.3, -0.25) is 9.36 Å². The third-order valence-electron chi connectivity index (χ3n) is 5.02. The second kappa shape index (κ2) is 9.21. The monoisotopic (exact) mass is 475 g/mol. The molecule has 9 heteroatoms. The van der Waals surface area contributed by atoms with Crippen LogP contribution >= 0.6 is 23.1 Å². The van der Waals surface area contributed by atoms with Gasteiger partial charge in [0.15, 0.2) is 11.0 Å². The molecule has 33 heavy (non-hydrogen) atoms. The Bertz CT molecular complexity index is 1470. The van der Waals surface area contributed by atoms with Crippen molar-refractivity contribution < 1.29 is 4.74 Å². The van der Waals surface area contributed by atoms with E-state index in [1.807, 2.05) is 59.3 Å². The van der Waals surface area contributed by atoms with E-state index in [1.165, 1.54) is 23.1 Å². The number of benzene rings is 2. The molecule has 0 fully saturated rings.